The maximum Gasteiger partial charge on any atom is 0.167 e. The van der Waals surface area contributed by atoms with E-state index in [1.807, 2.05) is 24.4 Å². The van der Waals surface area contributed by atoms with Crippen LogP contribution in [0, 0.1) is 0 Å². The topological polar surface area (TPSA) is 56.5 Å². The highest BCUT2D eigenvalue weighted by Crippen LogP contribution is 2.45. The van der Waals surface area contributed by atoms with E-state index in [4.69, 9.17) is 19.9 Å². The van der Waals surface area contributed by atoms with Gasteiger partial charge in [0.25, 0.3) is 0 Å². The maximum absolute atomic E-state index is 5.51. The fourth-order valence-electron chi connectivity index (χ4n) is 9.23. The second-order valence-corrected chi connectivity index (χ2v) is 18.0. The van der Waals surface area contributed by atoms with E-state index in [1.54, 1.807) is 0 Å². The lowest BCUT2D eigenvalue weighted by Gasteiger charge is -2.28. The molecule has 3 aromatic heterocycles. The average Bonchev–Trinajstić information content (AvgIpc) is 3.64. The molecule has 0 unspecified atom stereocenters. The molecule has 2 aliphatic heterocycles. The van der Waals surface area contributed by atoms with Crippen molar-refractivity contribution in [1.29, 1.82) is 0 Å². The van der Waals surface area contributed by atoms with Gasteiger partial charge >= 0.3 is 0 Å². The van der Waals surface area contributed by atoms with Crippen molar-refractivity contribution in [1.82, 2.24) is 24.5 Å². The van der Waals surface area contributed by atoms with Crippen LogP contribution in [0.15, 0.2) is 182 Å². The summed E-state index contributed by atoms with van der Waals surface area (Å²) in [6.07, 6.45) is 2.03. The van der Waals surface area contributed by atoms with E-state index in [0.717, 1.165) is 72.5 Å². The van der Waals surface area contributed by atoms with Crippen molar-refractivity contribution in [3.05, 3.63) is 199 Å². The third-order valence-corrected chi connectivity index (χ3v) is 12.7. The summed E-state index contributed by atoms with van der Waals surface area (Å²) < 4.78 is 2.32. The zero-order valence-corrected chi connectivity index (χ0v) is 35.6. The molecule has 10 aromatic rings. The van der Waals surface area contributed by atoms with Gasteiger partial charge in [-0.3, -0.25) is 4.57 Å². The molecule has 2 aliphatic rings. The molecular formula is C57H45N5. The van der Waals surface area contributed by atoms with Gasteiger partial charge in [0, 0.05) is 39.1 Å². The van der Waals surface area contributed by atoms with Gasteiger partial charge in [0.05, 0.1) is 16.6 Å². The summed E-state index contributed by atoms with van der Waals surface area (Å²) in [6.45, 7) is 11.5. The van der Waals surface area contributed by atoms with Crippen LogP contribution < -0.4 is 0 Å². The van der Waals surface area contributed by atoms with Crippen molar-refractivity contribution in [3.8, 4) is 73.4 Å². The molecule has 0 N–H and O–H groups in total. The summed E-state index contributed by atoms with van der Waals surface area (Å²) in [4.78, 5) is 21.6. The summed E-state index contributed by atoms with van der Waals surface area (Å²) >= 11 is 0. The Bertz CT molecular complexity index is 3340. The second-order valence-electron chi connectivity index (χ2n) is 18.0. The Hall–Kier alpha value is -7.50. The predicted molar refractivity (Wildman–Crippen MR) is 255 cm³/mol. The number of rotatable bonds is 4. The Morgan fingerprint density at radius 2 is 1.02 bits per heavy atom. The summed E-state index contributed by atoms with van der Waals surface area (Å²) in [5.41, 5.74) is 14.6. The zero-order valence-electron chi connectivity index (χ0n) is 35.6. The van der Waals surface area contributed by atoms with Gasteiger partial charge < -0.3 is 0 Å². The Labute approximate surface area is 362 Å². The molecule has 6 bridgehead atoms. The van der Waals surface area contributed by atoms with Crippen LogP contribution in [0.5, 0.6) is 0 Å². The van der Waals surface area contributed by atoms with E-state index < -0.39 is 5.41 Å². The van der Waals surface area contributed by atoms with Crippen molar-refractivity contribution >= 4 is 21.8 Å². The molecule has 0 spiro atoms. The first kappa shape index (κ1) is 37.5. The molecule has 5 nitrogen and oxygen atoms in total. The molecule has 298 valence electrons. The molecule has 0 radical (unpaired) electrons. The van der Waals surface area contributed by atoms with Crippen LogP contribution in [0.2, 0.25) is 0 Å². The summed E-state index contributed by atoms with van der Waals surface area (Å²) in [5, 5.41) is 2.37. The molecule has 0 saturated heterocycles. The Balaban J connectivity index is 1.28. The van der Waals surface area contributed by atoms with Gasteiger partial charge in [-0.05, 0) is 86.3 Å². The van der Waals surface area contributed by atoms with Gasteiger partial charge in [0.2, 0.25) is 0 Å². The molecule has 0 amide bonds. The lowest BCUT2D eigenvalue weighted by molar-refractivity contribution is 0.591. The SMILES string of the molecule is CC(C)(C)c1ccc2c(c1)c1cc3ccc1n2-c1ncc(-c2cc(-c4ccccc4)ccc2-c2ccccc2)cc1-c1nc(-c2ccccc2)nc(n1)-c1ccccc1C3(C)C. The number of fused-ring (bicyclic) bond motifs is 2. The van der Waals surface area contributed by atoms with Crippen molar-refractivity contribution in [3.63, 3.8) is 0 Å². The minimum Gasteiger partial charge on any atom is -0.293 e. The van der Waals surface area contributed by atoms with Crippen LogP contribution in [0.25, 0.3) is 95.2 Å². The van der Waals surface area contributed by atoms with Gasteiger partial charge in [-0.25, -0.2) is 19.9 Å². The first-order valence-electron chi connectivity index (χ1n) is 21.4. The van der Waals surface area contributed by atoms with E-state index in [1.165, 1.54) is 21.9 Å². The van der Waals surface area contributed by atoms with Crippen LogP contribution in [0.3, 0.4) is 0 Å². The van der Waals surface area contributed by atoms with Crippen molar-refractivity contribution in [2.75, 3.05) is 0 Å². The fourth-order valence-corrected chi connectivity index (χ4v) is 9.23. The zero-order chi connectivity index (χ0) is 42.2. The van der Waals surface area contributed by atoms with Gasteiger partial charge in [0.1, 0.15) is 5.82 Å². The van der Waals surface area contributed by atoms with Gasteiger partial charge in [-0.2, -0.15) is 0 Å². The van der Waals surface area contributed by atoms with Crippen LogP contribution in [0.4, 0.5) is 0 Å². The number of nitrogens with zero attached hydrogens (tertiary/aromatic N) is 5. The highest BCUT2D eigenvalue weighted by Gasteiger charge is 2.31. The molecule has 0 fully saturated rings. The Morgan fingerprint density at radius 3 is 1.73 bits per heavy atom. The Kier molecular flexibility index (Phi) is 8.66. The molecule has 62 heavy (non-hydrogen) atoms. The lowest BCUT2D eigenvalue weighted by Crippen LogP contribution is -2.20. The van der Waals surface area contributed by atoms with E-state index in [0.29, 0.717) is 17.5 Å². The summed E-state index contributed by atoms with van der Waals surface area (Å²) in [5.74, 6) is 2.55. The third-order valence-electron chi connectivity index (χ3n) is 12.7. The minimum atomic E-state index is -0.398. The number of hydrogen-bond donors (Lipinski definition) is 0. The van der Waals surface area contributed by atoms with Crippen LogP contribution in [-0.2, 0) is 10.8 Å². The van der Waals surface area contributed by atoms with Gasteiger partial charge in [0.15, 0.2) is 17.5 Å². The van der Waals surface area contributed by atoms with E-state index >= 15 is 0 Å². The van der Waals surface area contributed by atoms with Crippen LogP contribution in [-0.4, -0.2) is 24.5 Å². The molecule has 12 rings (SSSR count). The number of aromatic nitrogens is 5. The summed E-state index contributed by atoms with van der Waals surface area (Å²) in [6, 6.07) is 62.9. The molecular weight excluding hydrogens is 755 g/mol. The standard InChI is InChI=1S/C57H45N5/c1-56(2,3)41-26-29-50-46(33-41)47-34-42-27-30-51(47)62(50)55-48(54-60-52(38-21-13-8-14-22-38)59-53(61-54)44-23-15-16-24-49(44)57(42,4)5)32-40(35-58-55)45-31-39(36-17-9-6-10-18-36)25-28-43(45)37-19-11-7-12-20-37/h6-35H,1-5H3. The highest BCUT2D eigenvalue weighted by atomic mass is 15.1. The van der Waals surface area contributed by atoms with Crippen molar-refractivity contribution < 1.29 is 0 Å². The molecule has 5 heteroatoms. The Morgan fingerprint density at radius 1 is 0.435 bits per heavy atom. The predicted octanol–water partition coefficient (Wildman–Crippen LogP) is 14.3. The minimum absolute atomic E-state index is 0.0375. The van der Waals surface area contributed by atoms with E-state index in [9.17, 15) is 0 Å². The van der Waals surface area contributed by atoms with Crippen molar-refractivity contribution in [2.45, 2.75) is 45.4 Å². The second kappa shape index (κ2) is 14.3. The number of benzene rings is 7. The van der Waals surface area contributed by atoms with E-state index in [-0.39, 0.29) is 5.41 Å². The molecule has 0 atom stereocenters. The first-order chi connectivity index (χ1) is 30.1. The summed E-state index contributed by atoms with van der Waals surface area (Å²) in [7, 11) is 0. The van der Waals surface area contributed by atoms with Crippen LogP contribution in [0.1, 0.15) is 51.3 Å². The lowest BCUT2D eigenvalue weighted by atomic mass is 9.75. The first-order valence-corrected chi connectivity index (χ1v) is 21.4. The fraction of sp³-hybridized carbons (Fsp3) is 0.123. The van der Waals surface area contributed by atoms with Crippen LogP contribution >= 0.6 is 0 Å². The molecule has 0 saturated carbocycles. The smallest absolute Gasteiger partial charge is 0.167 e. The number of pyridine rings is 1. The molecule has 7 aromatic carbocycles. The third kappa shape index (κ3) is 6.23. The number of hydrogen-bond acceptors (Lipinski definition) is 4. The largest absolute Gasteiger partial charge is 0.293 e. The monoisotopic (exact) mass is 799 g/mol. The van der Waals surface area contributed by atoms with Gasteiger partial charge in [-0.1, -0.05) is 174 Å². The normalized spacial score (nSPS) is 13.0. The van der Waals surface area contributed by atoms with Crippen molar-refractivity contribution in [2.24, 2.45) is 0 Å². The average molecular weight is 800 g/mol. The maximum atomic E-state index is 5.51. The van der Waals surface area contributed by atoms with E-state index in [2.05, 4.69) is 197 Å². The highest BCUT2D eigenvalue weighted by molar-refractivity contribution is 6.10. The molecule has 0 aliphatic carbocycles. The van der Waals surface area contributed by atoms with Gasteiger partial charge in [-0.15, -0.1) is 0 Å². The quantitative estimate of drug-likeness (QED) is 0.178. The molecule has 5 heterocycles.